The van der Waals surface area contributed by atoms with Crippen LogP contribution in [0.5, 0.6) is 5.75 Å². The number of hydrogen-bond acceptors (Lipinski definition) is 12. The maximum atomic E-state index is 11.7. The Hall–Kier alpha value is -3.29. The molecule has 1 aromatic carbocycles. The van der Waals surface area contributed by atoms with E-state index in [9.17, 15) is 34.7 Å². The Morgan fingerprint density at radius 1 is 1.00 bits per heavy atom. The number of nitro groups is 1. The van der Waals surface area contributed by atoms with Crippen LogP contribution in [0, 0.1) is 10.1 Å². The van der Waals surface area contributed by atoms with Crippen LogP contribution < -0.4 is 4.74 Å². The fourth-order valence-corrected chi connectivity index (χ4v) is 3.13. The number of carbonyl (C=O) groups is 3. The van der Waals surface area contributed by atoms with Crippen LogP contribution in [0.3, 0.4) is 0 Å². The zero-order valence-corrected chi connectivity index (χ0v) is 17.5. The third-order valence-corrected chi connectivity index (χ3v) is 4.32. The van der Waals surface area contributed by atoms with Gasteiger partial charge in [0.05, 0.1) is 18.1 Å². The van der Waals surface area contributed by atoms with Crippen LogP contribution in [-0.2, 0) is 39.9 Å². The topological polar surface area (TPSA) is 181 Å². The van der Waals surface area contributed by atoms with E-state index in [1.54, 1.807) is 0 Å². The quantitative estimate of drug-likeness (QED) is 0.231. The molecule has 0 spiro atoms. The van der Waals surface area contributed by atoms with Crippen molar-refractivity contribution < 1.29 is 53.2 Å². The fraction of sp³-hybridized carbons (Fsp3) is 0.526. The molecular formula is C19H23NO12. The average molecular weight is 457 g/mol. The van der Waals surface area contributed by atoms with Crippen LogP contribution in [0.1, 0.15) is 26.3 Å². The number of aliphatic hydroxyl groups is 2. The molecule has 13 heteroatoms. The van der Waals surface area contributed by atoms with Gasteiger partial charge in [0.2, 0.25) is 12.4 Å². The van der Waals surface area contributed by atoms with Crippen molar-refractivity contribution in [3.8, 4) is 5.75 Å². The minimum absolute atomic E-state index is 0.242. The lowest BCUT2D eigenvalue weighted by molar-refractivity contribution is -0.387. The molecule has 2 N–H and O–H groups in total. The van der Waals surface area contributed by atoms with Crippen LogP contribution in [0.25, 0.3) is 0 Å². The van der Waals surface area contributed by atoms with Crippen molar-refractivity contribution in [2.75, 3.05) is 6.61 Å². The molecular weight excluding hydrogens is 434 g/mol. The molecule has 0 saturated carbocycles. The number of ether oxygens (including phenoxy) is 5. The summed E-state index contributed by atoms with van der Waals surface area (Å²) in [5, 5.41) is 30.4. The lowest BCUT2D eigenvalue weighted by Gasteiger charge is -2.43. The van der Waals surface area contributed by atoms with Gasteiger partial charge in [0.1, 0.15) is 6.10 Å². The molecule has 0 amide bonds. The molecule has 32 heavy (non-hydrogen) atoms. The van der Waals surface area contributed by atoms with Crippen LogP contribution in [0.15, 0.2) is 18.2 Å². The van der Waals surface area contributed by atoms with Crippen molar-refractivity contribution in [1.82, 2.24) is 0 Å². The lowest BCUT2D eigenvalue weighted by atomic mass is 9.98. The molecule has 0 aromatic heterocycles. The molecule has 1 aliphatic rings. The normalized spacial score (nSPS) is 24.8. The molecule has 0 bridgehead atoms. The van der Waals surface area contributed by atoms with Crippen LogP contribution >= 0.6 is 0 Å². The number of nitro benzene ring substituents is 1. The number of esters is 3. The fourth-order valence-electron chi connectivity index (χ4n) is 3.13. The standard InChI is InChI=1S/C19H23NO12/c1-9(23)28-16-15(8-22)32-19(18(30-11(3)25)17(16)29-10(2)24)31-14-5-4-12(7-21)6-13(14)20(26)27/h4-6,15-19,21-22H,7-8H2,1-3H3/t15-,16-,17+,18-,19-/m1/s1. The Labute approximate surface area is 181 Å². The Morgan fingerprint density at radius 3 is 2.06 bits per heavy atom. The van der Waals surface area contributed by atoms with Gasteiger partial charge in [-0.15, -0.1) is 0 Å². The molecule has 176 valence electrons. The molecule has 13 nitrogen and oxygen atoms in total. The number of nitrogens with zero attached hydrogens (tertiary/aromatic N) is 1. The lowest BCUT2D eigenvalue weighted by Crippen LogP contribution is -2.63. The number of rotatable bonds is 8. The molecule has 1 aliphatic heterocycles. The molecule has 1 heterocycles. The molecule has 2 rings (SSSR count). The highest BCUT2D eigenvalue weighted by atomic mass is 16.7. The van der Waals surface area contributed by atoms with E-state index in [1.165, 1.54) is 12.1 Å². The minimum Gasteiger partial charge on any atom is -0.456 e. The summed E-state index contributed by atoms with van der Waals surface area (Å²) in [5.41, 5.74) is -0.278. The summed E-state index contributed by atoms with van der Waals surface area (Å²) in [6, 6.07) is 3.64. The van der Waals surface area contributed by atoms with Gasteiger partial charge in [0.25, 0.3) is 0 Å². The second kappa shape index (κ2) is 10.8. The first-order valence-corrected chi connectivity index (χ1v) is 9.40. The van der Waals surface area contributed by atoms with Gasteiger partial charge >= 0.3 is 23.6 Å². The zero-order valence-electron chi connectivity index (χ0n) is 17.5. The van der Waals surface area contributed by atoms with E-state index >= 15 is 0 Å². The van der Waals surface area contributed by atoms with Gasteiger partial charge in [0, 0.05) is 26.8 Å². The number of benzene rings is 1. The highest BCUT2D eigenvalue weighted by Crippen LogP contribution is 2.34. The largest absolute Gasteiger partial charge is 0.456 e. The Balaban J connectivity index is 2.50. The monoisotopic (exact) mass is 457 g/mol. The highest BCUT2D eigenvalue weighted by Gasteiger charge is 2.53. The molecule has 5 atom stereocenters. The summed E-state index contributed by atoms with van der Waals surface area (Å²) < 4.78 is 26.7. The van der Waals surface area contributed by atoms with Gasteiger partial charge in [-0.25, -0.2) is 0 Å². The van der Waals surface area contributed by atoms with Crippen molar-refractivity contribution in [1.29, 1.82) is 0 Å². The van der Waals surface area contributed by atoms with E-state index < -0.39 is 72.4 Å². The Bertz CT molecular complexity index is 872. The molecule has 1 saturated heterocycles. The van der Waals surface area contributed by atoms with E-state index in [4.69, 9.17) is 23.7 Å². The van der Waals surface area contributed by atoms with Gasteiger partial charge in [-0.1, -0.05) is 6.07 Å². The first kappa shape index (κ1) is 25.0. The zero-order chi connectivity index (χ0) is 24.0. The molecule has 0 unspecified atom stereocenters. The van der Waals surface area contributed by atoms with Crippen LogP contribution in [0.4, 0.5) is 5.69 Å². The van der Waals surface area contributed by atoms with Gasteiger partial charge in [-0.3, -0.25) is 24.5 Å². The molecule has 1 aromatic rings. The highest BCUT2D eigenvalue weighted by molar-refractivity contribution is 5.68. The number of hydrogen-bond donors (Lipinski definition) is 2. The van der Waals surface area contributed by atoms with E-state index in [2.05, 4.69) is 0 Å². The average Bonchev–Trinajstić information content (AvgIpc) is 2.71. The molecule has 0 radical (unpaired) electrons. The smallest absolute Gasteiger partial charge is 0.311 e. The second-order valence-electron chi connectivity index (χ2n) is 6.78. The summed E-state index contributed by atoms with van der Waals surface area (Å²) in [6.07, 6.45) is -7.20. The Kier molecular flexibility index (Phi) is 8.46. The van der Waals surface area contributed by atoms with E-state index in [-0.39, 0.29) is 11.3 Å². The summed E-state index contributed by atoms with van der Waals surface area (Å²) in [6.45, 7) is 2.03. The predicted molar refractivity (Wildman–Crippen MR) is 102 cm³/mol. The van der Waals surface area contributed by atoms with Crippen molar-refractivity contribution in [3.05, 3.63) is 33.9 Å². The Morgan fingerprint density at radius 2 is 1.56 bits per heavy atom. The van der Waals surface area contributed by atoms with Crippen molar-refractivity contribution in [2.24, 2.45) is 0 Å². The van der Waals surface area contributed by atoms with E-state index in [0.29, 0.717) is 0 Å². The maximum Gasteiger partial charge on any atom is 0.311 e. The molecule has 0 aliphatic carbocycles. The van der Waals surface area contributed by atoms with Crippen LogP contribution in [0.2, 0.25) is 0 Å². The number of carbonyl (C=O) groups excluding carboxylic acids is 3. The first-order chi connectivity index (χ1) is 15.1. The van der Waals surface area contributed by atoms with E-state index in [0.717, 1.165) is 26.8 Å². The second-order valence-corrected chi connectivity index (χ2v) is 6.78. The maximum absolute atomic E-state index is 11.7. The van der Waals surface area contributed by atoms with Crippen molar-refractivity contribution in [3.63, 3.8) is 0 Å². The summed E-state index contributed by atoms with van der Waals surface area (Å²) in [5.74, 6) is -2.75. The van der Waals surface area contributed by atoms with Crippen molar-refractivity contribution in [2.45, 2.75) is 58.1 Å². The summed E-state index contributed by atoms with van der Waals surface area (Å²) >= 11 is 0. The van der Waals surface area contributed by atoms with Gasteiger partial charge in [-0.2, -0.15) is 0 Å². The van der Waals surface area contributed by atoms with Crippen molar-refractivity contribution >= 4 is 23.6 Å². The molecule has 1 fully saturated rings. The van der Waals surface area contributed by atoms with Crippen LogP contribution in [-0.4, -0.2) is 70.4 Å². The predicted octanol–water partition coefficient (Wildman–Crippen LogP) is -0.0218. The third-order valence-electron chi connectivity index (χ3n) is 4.32. The summed E-state index contributed by atoms with van der Waals surface area (Å²) in [7, 11) is 0. The van der Waals surface area contributed by atoms with E-state index in [1.807, 2.05) is 0 Å². The minimum atomic E-state index is -1.59. The van der Waals surface area contributed by atoms with Gasteiger partial charge in [0.15, 0.2) is 18.0 Å². The SMILES string of the molecule is CC(=O)O[C@@H]1[C@@H](OC(C)=O)[C@H](Oc2ccc(CO)cc2[N+](=O)[O-])O[C@H](CO)[C@H]1OC(C)=O. The first-order valence-electron chi connectivity index (χ1n) is 9.40. The van der Waals surface area contributed by atoms with Gasteiger partial charge < -0.3 is 33.9 Å². The number of aliphatic hydroxyl groups excluding tert-OH is 2. The van der Waals surface area contributed by atoms with Gasteiger partial charge in [-0.05, 0) is 11.6 Å². The third kappa shape index (κ3) is 6.12. The summed E-state index contributed by atoms with van der Waals surface area (Å²) in [4.78, 5) is 45.6.